The summed E-state index contributed by atoms with van der Waals surface area (Å²) in [4.78, 5) is 19.4. The van der Waals surface area contributed by atoms with Crippen molar-refractivity contribution in [1.29, 1.82) is 0 Å². The second-order valence-electron chi connectivity index (χ2n) is 4.94. The highest BCUT2D eigenvalue weighted by molar-refractivity contribution is 7.80. The Hall–Kier alpha value is -1.96. The molecule has 2 aromatic rings. The Morgan fingerprint density at radius 3 is 2.75 bits per heavy atom. The first-order valence-corrected chi connectivity index (χ1v) is 8.05. The second-order valence-corrected chi connectivity index (χ2v) is 6.19. The van der Waals surface area contributed by atoms with Crippen LogP contribution in [0.3, 0.4) is 0 Å². The van der Waals surface area contributed by atoms with Gasteiger partial charge in [0.05, 0.1) is 12.5 Å². The molecule has 0 fully saturated rings. The van der Waals surface area contributed by atoms with Crippen molar-refractivity contribution in [2.45, 2.75) is 19.4 Å². The zero-order valence-electron chi connectivity index (χ0n) is 12.6. The lowest BCUT2D eigenvalue weighted by atomic mass is 10.0. The molecule has 0 saturated heterocycles. The van der Waals surface area contributed by atoms with Crippen molar-refractivity contribution in [3.8, 4) is 0 Å². The molecule has 1 heterocycles. The van der Waals surface area contributed by atoms with Gasteiger partial charge in [-0.25, -0.2) is 9.97 Å². The van der Waals surface area contributed by atoms with Gasteiger partial charge >= 0.3 is 5.97 Å². The predicted octanol–water partition coefficient (Wildman–Crippen LogP) is 3.59. The van der Waals surface area contributed by atoms with E-state index in [4.69, 9.17) is 40.5 Å². The number of carboxylic acid groups (broad SMARTS) is 1. The second kappa shape index (κ2) is 8.23. The summed E-state index contributed by atoms with van der Waals surface area (Å²) in [5.41, 5.74) is 1.36. The van der Waals surface area contributed by atoms with Crippen molar-refractivity contribution in [2.75, 3.05) is 5.32 Å². The molecule has 3 N–H and O–H groups in total. The van der Waals surface area contributed by atoms with E-state index >= 15 is 0 Å². The fraction of sp³-hybridized carbons (Fsp3) is 0.200. The van der Waals surface area contributed by atoms with Crippen molar-refractivity contribution in [3.63, 3.8) is 0 Å². The Morgan fingerprint density at radius 2 is 2.12 bits per heavy atom. The van der Waals surface area contributed by atoms with Crippen LogP contribution in [0.25, 0.3) is 0 Å². The van der Waals surface area contributed by atoms with Gasteiger partial charge in [0.25, 0.3) is 0 Å². The number of aromatic nitrogens is 2. The van der Waals surface area contributed by atoms with Gasteiger partial charge in [0.2, 0.25) is 5.95 Å². The normalized spacial score (nSPS) is 11.6. The molecule has 0 radical (unpaired) electrons. The number of thiocarbonyl (C=S) groups is 1. The van der Waals surface area contributed by atoms with E-state index in [1.54, 1.807) is 30.5 Å². The van der Waals surface area contributed by atoms with E-state index in [1.165, 1.54) is 0 Å². The minimum atomic E-state index is -0.992. The summed E-state index contributed by atoms with van der Waals surface area (Å²) < 4.78 is 0. The number of aliphatic carboxylic acids is 1. The van der Waals surface area contributed by atoms with Gasteiger partial charge < -0.3 is 15.7 Å². The number of hydrogen-bond acceptors (Lipinski definition) is 4. The van der Waals surface area contributed by atoms with Gasteiger partial charge in [0.15, 0.2) is 5.11 Å². The number of hydrogen-bond donors (Lipinski definition) is 3. The van der Waals surface area contributed by atoms with E-state index in [2.05, 4.69) is 20.6 Å². The molecule has 0 aliphatic heterocycles. The summed E-state index contributed by atoms with van der Waals surface area (Å²) >= 11 is 17.3. The zero-order valence-corrected chi connectivity index (χ0v) is 14.9. The van der Waals surface area contributed by atoms with Crippen LogP contribution in [0, 0.1) is 6.92 Å². The van der Waals surface area contributed by atoms with Crippen LogP contribution in [0.5, 0.6) is 0 Å². The Bertz CT molecular complexity index is 773. The van der Waals surface area contributed by atoms with Gasteiger partial charge in [-0.15, -0.1) is 0 Å². The summed E-state index contributed by atoms with van der Waals surface area (Å²) in [6, 6.07) is 5.98. The summed E-state index contributed by atoms with van der Waals surface area (Å²) in [5.74, 6) is -0.670. The lowest BCUT2D eigenvalue weighted by Crippen LogP contribution is -2.34. The number of carboxylic acids is 1. The number of nitrogens with one attached hydrogen (secondary N) is 2. The maximum Gasteiger partial charge on any atom is 0.305 e. The van der Waals surface area contributed by atoms with Crippen LogP contribution in [-0.2, 0) is 4.79 Å². The van der Waals surface area contributed by atoms with E-state index in [-0.39, 0.29) is 11.5 Å². The Balaban J connectivity index is 2.16. The number of aryl methyl sites for hydroxylation is 1. The molecule has 0 unspecified atom stereocenters. The van der Waals surface area contributed by atoms with Crippen molar-refractivity contribution in [3.05, 3.63) is 51.8 Å². The number of nitrogens with zero attached hydrogens (tertiary/aromatic N) is 2. The molecule has 1 aromatic carbocycles. The number of anilines is 1. The molecular weight excluding hydrogens is 371 g/mol. The molecule has 0 aliphatic rings. The SMILES string of the molecule is Cc1ccnc(NC(=S)N[C@@H](CC(=O)O)c2ccc(Cl)cc2Cl)n1. The quantitative estimate of drug-likeness (QED) is 0.678. The van der Waals surface area contributed by atoms with Gasteiger partial charge in [-0.3, -0.25) is 4.79 Å². The van der Waals surface area contributed by atoms with Crippen molar-refractivity contribution in [1.82, 2.24) is 15.3 Å². The van der Waals surface area contributed by atoms with Gasteiger partial charge in [-0.1, -0.05) is 29.3 Å². The van der Waals surface area contributed by atoms with Crippen LogP contribution in [0.15, 0.2) is 30.5 Å². The van der Waals surface area contributed by atoms with Crippen LogP contribution in [0.1, 0.15) is 23.7 Å². The minimum absolute atomic E-state index is 0.192. The van der Waals surface area contributed by atoms with Crippen LogP contribution >= 0.6 is 35.4 Å². The maximum atomic E-state index is 11.1. The summed E-state index contributed by atoms with van der Waals surface area (Å²) in [7, 11) is 0. The number of halogens is 2. The monoisotopic (exact) mass is 384 g/mol. The van der Waals surface area contributed by atoms with E-state index in [0.29, 0.717) is 21.6 Å². The molecule has 6 nitrogen and oxygen atoms in total. The molecule has 0 saturated carbocycles. The van der Waals surface area contributed by atoms with E-state index in [0.717, 1.165) is 5.69 Å². The fourth-order valence-electron chi connectivity index (χ4n) is 2.00. The summed E-state index contributed by atoms with van der Waals surface area (Å²) in [5, 5.41) is 15.9. The average Bonchev–Trinajstić information content (AvgIpc) is 2.46. The van der Waals surface area contributed by atoms with Crippen molar-refractivity contribution >= 4 is 52.4 Å². The first-order chi connectivity index (χ1) is 11.3. The summed E-state index contributed by atoms with van der Waals surface area (Å²) in [6.45, 7) is 1.82. The topological polar surface area (TPSA) is 87.1 Å². The van der Waals surface area contributed by atoms with E-state index in [1.807, 2.05) is 6.92 Å². The first kappa shape index (κ1) is 18.4. The van der Waals surface area contributed by atoms with Crippen molar-refractivity contribution < 1.29 is 9.90 Å². The third-order valence-corrected chi connectivity index (χ3v) is 3.82. The molecule has 0 aliphatic carbocycles. The first-order valence-electron chi connectivity index (χ1n) is 6.89. The Morgan fingerprint density at radius 1 is 1.38 bits per heavy atom. The molecule has 0 spiro atoms. The van der Waals surface area contributed by atoms with Gasteiger partial charge in [0, 0.05) is 21.9 Å². The Labute approximate surface area is 154 Å². The number of rotatable bonds is 5. The Kier molecular flexibility index (Phi) is 6.30. The van der Waals surface area contributed by atoms with Crippen LogP contribution in [0.2, 0.25) is 10.0 Å². The number of benzene rings is 1. The highest BCUT2D eigenvalue weighted by atomic mass is 35.5. The zero-order chi connectivity index (χ0) is 17.7. The maximum absolute atomic E-state index is 11.1. The molecule has 24 heavy (non-hydrogen) atoms. The molecule has 0 bridgehead atoms. The smallest absolute Gasteiger partial charge is 0.305 e. The number of carbonyl (C=O) groups is 1. The third kappa shape index (κ3) is 5.30. The molecule has 0 amide bonds. The fourth-order valence-corrected chi connectivity index (χ4v) is 2.78. The molecule has 1 atom stereocenters. The van der Waals surface area contributed by atoms with Gasteiger partial charge in [-0.05, 0) is 42.9 Å². The summed E-state index contributed by atoms with van der Waals surface area (Å²) in [6.07, 6.45) is 1.38. The molecule has 2 rings (SSSR count). The van der Waals surface area contributed by atoms with E-state index < -0.39 is 12.0 Å². The largest absolute Gasteiger partial charge is 0.481 e. The van der Waals surface area contributed by atoms with Crippen molar-refractivity contribution in [2.24, 2.45) is 0 Å². The highest BCUT2D eigenvalue weighted by Crippen LogP contribution is 2.28. The average molecular weight is 385 g/mol. The lowest BCUT2D eigenvalue weighted by Gasteiger charge is -2.20. The molecular formula is C15H14Cl2N4O2S. The van der Waals surface area contributed by atoms with Crippen LogP contribution < -0.4 is 10.6 Å². The predicted molar refractivity (Wildman–Crippen MR) is 97.6 cm³/mol. The minimum Gasteiger partial charge on any atom is -0.481 e. The van der Waals surface area contributed by atoms with Gasteiger partial charge in [-0.2, -0.15) is 0 Å². The van der Waals surface area contributed by atoms with E-state index in [9.17, 15) is 4.79 Å². The lowest BCUT2D eigenvalue weighted by molar-refractivity contribution is -0.137. The molecule has 1 aromatic heterocycles. The van der Waals surface area contributed by atoms with Crippen LogP contribution in [0.4, 0.5) is 5.95 Å². The standard InChI is InChI=1S/C15H14Cl2N4O2S/c1-8-4-5-18-14(19-8)21-15(24)20-12(7-13(22)23)10-3-2-9(16)6-11(10)17/h2-6,12H,7H2,1H3,(H,22,23)(H2,18,19,20,21,24)/t12-/m0/s1. The van der Waals surface area contributed by atoms with Crippen LogP contribution in [-0.4, -0.2) is 26.2 Å². The molecule has 126 valence electrons. The molecule has 9 heteroatoms. The highest BCUT2D eigenvalue weighted by Gasteiger charge is 2.19. The van der Waals surface area contributed by atoms with Gasteiger partial charge in [0.1, 0.15) is 0 Å². The third-order valence-electron chi connectivity index (χ3n) is 3.04.